The molecule has 0 fully saturated rings. The molecule has 0 spiro atoms. The van der Waals surface area contributed by atoms with Crippen molar-refractivity contribution >= 4 is 22.2 Å². The third kappa shape index (κ3) is 3.84. The molecule has 4 heteroatoms. The zero-order chi connectivity index (χ0) is 15.1. The summed E-state index contributed by atoms with van der Waals surface area (Å²) in [6.45, 7) is 2.70. The fourth-order valence-corrected chi connectivity index (χ4v) is 2.11. The van der Waals surface area contributed by atoms with Gasteiger partial charge >= 0.3 is 0 Å². The van der Waals surface area contributed by atoms with Crippen molar-refractivity contribution in [3.05, 3.63) is 59.9 Å². The molecule has 1 aromatic heterocycles. The predicted octanol–water partition coefficient (Wildman–Crippen LogP) is 4.50. The second-order valence-corrected chi connectivity index (χ2v) is 4.80. The number of hydrogen-bond donors (Lipinski definition) is 0. The highest BCUT2D eigenvalue weighted by atomic mass is 35.5. The van der Waals surface area contributed by atoms with Crippen molar-refractivity contribution in [3.8, 4) is 11.8 Å². The summed E-state index contributed by atoms with van der Waals surface area (Å²) in [5.41, 5.74) is 1.85. The topological polar surface area (TPSA) is 45.9 Å². The van der Waals surface area contributed by atoms with Gasteiger partial charge in [-0.05, 0) is 30.2 Å². The van der Waals surface area contributed by atoms with Crippen LogP contribution in [0.2, 0.25) is 0 Å². The lowest BCUT2D eigenvalue weighted by Crippen LogP contribution is -1.95. The second kappa shape index (κ2) is 7.47. The fraction of sp³-hybridized carbons (Fsp3) is 0.176. The molecule has 0 bridgehead atoms. The molecule has 106 valence electrons. The van der Waals surface area contributed by atoms with Crippen LogP contribution in [0, 0.1) is 11.3 Å². The number of halogens is 1. The summed E-state index contributed by atoms with van der Waals surface area (Å²) >= 11 is 6.39. The first kappa shape index (κ1) is 15.1. The Kier molecular flexibility index (Phi) is 5.36. The molecule has 0 atom stereocenters. The Balaban J connectivity index is 2.39. The zero-order valence-electron chi connectivity index (χ0n) is 11.7. The normalized spacial score (nSPS) is 11.5. The van der Waals surface area contributed by atoms with E-state index in [1.807, 2.05) is 37.3 Å². The summed E-state index contributed by atoms with van der Waals surface area (Å²) in [5.74, 6) is 0.746. The SMILES string of the molecule is CCCOc1cccc(/C(Cl)=C(/C#N)c2cccnc2)c1. The Labute approximate surface area is 129 Å². The van der Waals surface area contributed by atoms with Gasteiger partial charge in [-0.15, -0.1) is 0 Å². The monoisotopic (exact) mass is 298 g/mol. The van der Waals surface area contributed by atoms with Gasteiger partial charge < -0.3 is 4.74 Å². The molecule has 0 N–H and O–H groups in total. The van der Waals surface area contributed by atoms with E-state index >= 15 is 0 Å². The average molecular weight is 299 g/mol. The molecule has 0 aliphatic rings. The smallest absolute Gasteiger partial charge is 0.119 e. The maximum Gasteiger partial charge on any atom is 0.119 e. The molecule has 0 aliphatic carbocycles. The minimum Gasteiger partial charge on any atom is -0.494 e. The molecular weight excluding hydrogens is 284 g/mol. The van der Waals surface area contributed by atoms with Gasteiger partial charge in [-0.25, -0.2) is 0 Å². The molecule has 21 heavy (non-hydrogen) atoms. The average Bonchev–Trinajstić information content (AvgIpc) is 2.55. The summed E-state index contributed by atoms with van der Waals surface area (Å²) in [5, 5.41) is 9.77. The Morgan fingerprint density at radius 3 is 2.76 bits per heavy atom. The van der Waals surface area contributed by atoms with Crippen LogP contribution in [0.3, 0.4) is 0 Å². The lowest BCUT2D eigenvalue weighted by molar-refractivity contribution is 0.317. The van der Waals surface area contributed by atoms with E-state index in [1.54, 1.807) is 18.5 Å². The highest BCUT2D eigenvalue weighted by molar-refractivity contribution is 6.53. The molecule has 0 unspecified atom stereocenters. The van der Waals surface area contributed by atoms with Crippen molar-refractivity contribution in [2.45, 2.75) is 13.3 Å². The van der Waals surface area contributed by atoms with Gasteiger partial charge in [-0.3, -0.25) is 4.98 Å². The lowest BCUT2D eigenvalue weighted by Gasteiger charge is -2.08. The van der Waals surface area contributed by atoms with Crippen LogP contribution in [0.1, 0.15) is 24.5 Å². The number of rotatable bonds is 5. The van der Waals surface area contributed by atoms with Crippen LogP contribution in [0.25, 0.3) is 10.6 Å². The Hall–Kier alpha value is -2.31. The van der Waals surface area contributed by atoms with Gasteiger partial charge in [0.1, 0.15) is 11.8 Å². The molecule has 2 rings (SSSR count). The predicted molar refractivity (Wildman–Crippen MR) is 84.7 cm³/mol. The van der Waals surface area contributed by atoms with E-state index in [0.717, 1.165) is 17.7 Å². The van der Waals surface area contributed by atoms with E-state index in [-0.39, 0.29) is 0 Å². The molecular formula is C17H15ClN2O. The third-order valence-electron chi connectivity index (χ3n) is 2.84. The number of aromatic nitrogens is 1. The molecule has 0 radical (unpaired) electrons. The fourth-order valence-electron chi connectivity index (χ4n) is 1.84. The number of pyridine rings is 1. The van der Waals surface area contributed by atoms with Gasteiger partial charge in [-0.2, -0.15) is 5.26 Å². The van der Waals surface area contributed by atoms with Gasteiger partial charge in [-0.1, -0.05) is 36.7 Å². The summed E-state index contributed by atoms with van der Waals surface area (Å²) in [7, 11) is 0. The van der Waals surface area contributed by atoms with E-state index in [9.17, 15) is 5.26 Å². The number of nitriles is 1. The van der Waals surface area contributed by atoms with Crippen molar-refractivity contribution in [1.29, 1.82) is 5.26 Å². The van der Waals surface area contributed by atoms with Crippen LogP contribution in [-0.2, 0) is 0 Å². The van der Waals surface area contributed by atoms with Gasteiger partial charge in [0.15, 0.2) is 0 Å². The number of benzene rings is 1. The maximum atomic E-state index is 9.37. The molecule has 0 saturated heterocycles. The van der Waals surface area contributed by atoms with Gasteiger partial charge in [0.25, 0.3) is 0 Å². The van der Waals surface area contributed by atoms with E-state index < -0.39 is 0 Å². The van der Waals surface area contributed by atoms with E-state index in [1.165, 1.54) is 0 Å². The van der Waals surface area contributed by atoms with E-state index in [0.29, 0.717) is 22.8 Å². The Morgan fingerprint density at radius 2 is 2.10 bits per heavy atom. The number of allylic oxidation sites excluding steroid dienone is 1. The number of ether oxygens (including phenoxy) is 1. The second-order valence-electron chi connectivity index (χ2n) is 4.42. The first-order valence-electron chi connectivity index (χ1n) is 6.69. The van der Waals surface area contributed by atoms with Gasteiger partial charge in [0.2, 0.25) is 0 Å². The summed E-state index contributed by atoms with van der Waals surface area (Å²) < 4.78 is 5.59. The zero-order valence-corrected chi connectivity index (χ0v) is 12.5. The number of hydrogen-bond acceptors (Lipinski definition) is 3. The van der Waals surface area contributed by atoms with Crippen LogP contribution in [0.4, 0.5) is 0 Å². The first-order chi connectivity index (χ1) is 10.3. The summed E-state index contributed by atoms with van der Waals surface area (Å²) in [6, 6.07) is 13.2. The Morgan fingerprint density at radius 1 is 1.29 bits per heavy atom. The van der Waals surface area contributed by atoms with Crippen molar-refractivity contribution < 1.29 is 4.74 Å². The number of nitrogens with zero attached hydrogens (tertiary/aromatic N) is 2. The molecule has 0 aliphatic heterocycles. The molecule has 1 heterocycles. The van der Waals surface area contributed by atoms with Crippen LogP contribution in [0.15, 0.2) is 48.8 Å². The standard InChI is InChI=1S/C17H15ClN2O/c1-2-9-21-15-7-3-5-13(10-15)17(18)16(11-19)14-6-4-8-20-12-14/h3-8,10,12H,2,9H2,1H3/b17-16+. The van der Waals surface area contributed by atoms with Crippen LogP contribution >= 0.6 is 11.6 Å². The highest BCUT2D eigenvalue weighted by Crippen LogP contribution is 2.30. The maximum absolute atomic E-state index is 9.37. The third-order valence-corrected chi connectivity index (χ3v) is 3.25. The quantitative estimate of drug-likeness (QED) is 0.763. The van der Waals surface area contributed by atoms with E-state index in [2.05, 4.69) is 11.1 Å². The van der Waals surface area contributed by atoms with Crippen molar-refractivity contribution in [2.24, 2.45) is 0 Å². The minimum atomic E-state index is 0.396. The van der Waals surface area contributed by atoms with Crippen molar-refractivity contribution in [1.82, 2.24) is 4.98 Å². The summed E-state index contributed by atoms with van der Waals surface area (Å²) in [4.78, 5) is 4.02. The van der Waals surface area contributed by atoms with Crippen molar-refractivity contribution in [2.75, 3.05) is 6.61 Å². The van der Waals surface area contributed by atoms with E-state index in [4.69, 9.17) is 16.3 Å². The highest BCUT2D eigenvalue weighted by Gasteiger charge is 2.10. The molecule has 0 amide bonds. The first-order valence-corrected chi connectivity index (χ1v) is 7.07. The van der Waals surface area contributed by atoms with Gasteiger partial charge in [0.05, 0.1) is 17.2 Å². The van der Waals surface area contributed by atoms with Crippen LogP contribution in [0.5, 0.6) is 5.75 Å². The molecule has 3 nitrogen and oxygen atoms in total. The molecule has 0 saturated carbocycles. The van der Waals surface area contributed by atoms with Gasteiger partial charge in [0, 0.05) is 18.0 Å². The summed E-state index contributed by atoms with van der Waals surface area (Å²) in [6.07, 6.45) is 4.22. The van der Waals surface area contributed by atoms with Crippen LogP contribution in [-0.4, -0.2) is 11.6 Å². The lowest BCUT2D eigenvalue weighted by atomic mass is 10.1. The van der Waals surface area contributed by atoms with Crippen molar-refractivity contribution in [3.63, 3.8) is 0 Å². The molecule has 2 aromatic rings. The molecule has 1 aromatic carbocycles. The van der Waals surface area contributed by atoms with Crippen LogP contribution < -0.4 is 4.74 Å². The minimum absolute atomic E-state index is 0.396. The Bertz CT molecular complexity index is 675. The largest absolute Gasteiger partial charge is 0.494 e.